The lowest BCUT2D eigenvalue weighted by Gasteiger charge is -2.36. The Morgan fingerprint density at radius 3 is 2.07 bits per heavy atom. The van der Waals surface area contributed by atoms with Gasteiger partial charge in [0, 0.05) is 0 Å². The van der Waals surface area contributed by atoms with E-state index in [1.54, 1.807) is 0 Å². The number of carboxylic acids is 1. The maximum absolute atomic E-state index is 10.8. The molecule has 0 heterocycles. The summed E-state index contributed by atoms with van der Waals surface area (Å²) in [4.78, 5) is 10.8. The molecule has 4 heteroatoms. The molecule has 0 rings (SSSR count). The Kier molecular flexibility index (Phi) is 4.09. The van der Waals surface area contributed by atoms with Crippen LogP contribution in [0.5, 0.6) is 0 Å². The Hall–Kier alpha value is -0.610. The highest BCUT2D eigenvalue weighted by Gasteiger charge is 2.36. The van der Waals surface area contributed by atoms with Crippen LogP contribution in [0.4, 0.5) is 0 Å². The first-order chi connectivity index (χ1) is 6.12. The van der Waals surface area contributed by atoms with Crippen molar-refractivity contribution >= 4 is 5.97 Å². The molecule has 5 N–H and O–H groups in total. The van der Waals surface area contributed by atoms with E-state index in [1.165, 1.54) is 0 Å². The van der Waals surface area contributed by atoms with E-state index >= 15 is 0 Å². The Morgan fingerprint density at radius 2 is 1.79 bits per heavy atom. The second-order valence-electron chi connectivity index (χ2n) is 5.35. The van der Waals surface area contributed by atoms with Gasteiger partial charge in [-0.15, -0.1) is 0 Å². The van der Waals surface area contributed by atoms with Gasteiger partial charge in [0.2, 0.25) is 0 Å². The lowest BCUT2D eigenvalue weighted by molar-refractivity contribution is -0.141. The highest BCUT2D eigenvalue weighted by Crippen LogP contribution is 2.34. The smallest absolute Gasteiger partial charge is 0.321 e. The maximum atomic E-state index is 10.8. The first-order valence-electron chi connectivity index (χ1n) is 4.81. The summed E-state index contributed by atoms with van der Waals surface area (Å²) in [6, 6.07) is -0.840. The van der Waals surface area contributed by atoms with Gasteiger partial charge in [-0.05, 0) is 23.8 Å². The topological polar surface area (TPSA) is 89.3 Å². The molecule has 0 radical (unpaired) electrons. The molecule has 0 amide bonds. The van der Waals surface area contributed by atoms with Crippen molar-refractivity contribution in [2.45, 2.75) is 40.2 Å². The molecule has 0 aromatic heterocycles. The summed E-state index contributed by atoms with van der Waals surface area (Å²) >= 11 is 0. The van der Waals surface area contributed by atoms with E-state index < -0.39 is 17.4 Å². The van der Waals surface area contributed by atoms with E-state index in [1.807, 2.05) is 27.7 Å². The molecule has 0 saturated heterocycles. The zero-order chi connectivity index (χ0) is 11.6. The van der Waals surface area contributed by atoms with Crippen LogP contribution in [0.25, 0.3) is 0 Å². The van der Waals surface area contributed by atoms with Crippen molar-refractivity contribution in [3.8, 4) is 0 Å². The highest BCUT2D eigenvalue weighted by atomic mass is 16.4. The number of nitrogens with two attached hydrogens (primary N) is 2. The molecule has 0 fully saturated rings. The van der Waals surface area contributed by atoms with Crippen molar-refractivity contribution in [3.63, 3.8) is 0 Å². The number of carbonyl (C=O) groups is 1. The van der Waals surface area contributed by atoms with E-state index in [4.69, 9.17) is 16.6 Å². The minimum absolute atomic E-state index is 0.0728. The molecule has 1 unspecified atom stereocenters. The summed E-state index contributed by atoms with van der Waals surface area (Å²) in [7, 11) is 0. The Bertz CT molecular complexity index is 212. The predicted molar refractivity (Wildman–Crippen MR) is 56.8 cm³/mol. The fourth-order valence-corrected chi connectivity index (χ4v) is 1.75. The van der Waals surface area contributed by atoms with Crippen LogP contribution in [-0.4, -0.2) is 23.7 Å². The van der Waals surface area contributed by atoms with Crippen molar-refractivity contribution < 1.29 is 9.90 Å². The molecule has 1 atom stereocenters. The number of aliphatic carboxylic acids is 1. The molecule has 0 aliphatic carbocycles. The number of rotatable bonds is 5. The molecule has 4 nitrogen and oxygen atoms in total. The summed E-state index contributed by atoms with van der Waals surface area (Å²) in [5, 5.41) is 8.83. The summed E-state index contributed by atoms with van der Waals surface area (Å²) in [5.41, 5.74) is 10.7. The minimum Gasteiger partial charge on any atom is -0.480 e. The van der Waals surface area contributed by atoms with Gasteiger partial charge in [-0.1, -0.05) is 27.7 Å². The largest absolute Gasteiger partial charge is 0.480 e. The van der Waals surface area contributed by atoms with E-state index in [-0.39, 0.29) is 5.41 Å². The Balaban J connectivity index is 4.56. The van der Waals surface area contributed by atoms with Crippen molar-refractivity contribution in [2.24, 2.45) is 22.3 Å². The van der Waals surface area contributed by atoms with Gasteiger partial charge in [0.1, 0.15) is 6.04 Å². The summed E-state index contributed by atoms with van der Waals surface area (Å²) < 4.78 is 0. The monoisotopic (exact) mass is 202 g/mol. The van der Waals surface area contributed by atoms with Crippen LogP contribution in [0.3, 0.4) is 0 Å². The molecular weight excluding hydrogens is 180 g/mol. The van der Waals surface area contributed by atoms with E-state index in [0.29, 0.717) is 13.0 Å². The van der Waals surface area contributed by atoms with Gasteiger partial charge in [-0.2, -0.15) is 0 Å². The SMILES string of the molecule is CC(C)(CN)CC(C)(C)C(N)C(=O)O. The summed E-state index contributed by atoms with van der Waals surface area (Å²) in [6.45, 7) is 8.29. The minimum atomic E-state index is -0.956. The van der Waals surface area contributed by atoms with Gasteiger partial charge in [0.15, 0.2) is 0 Å². The molecule has 0 bridgehead atoms. The van der Waals surface area contributed by atoms with Gasteiger partial charge < -0.3 is 16.6 Å². The summed E-state index contributed by atoms with van der Waals surface area (Å²) in [6.07, 6.45) is 0.698. The third kappa shape index (κ3) is 3.64. The first kappa shape index (κ1) is 13.4. The zero-order valence-corrected chi connectivity index (χ0v) is 9.50. The second kappa shape index (κ2) is 4.28. The van der Waals surface area contributed by atoms with Crippen molar-refractivity contribution in [2.75, 3.05) is 6.54 Å². The van der Waals surface area contributed by atoms with E-state index in [9.17, 15) is 4.79 Å². The van der Waals surface area contributed by atoms with Crippen LogP contribution in [0.15, 0.2) is 0 Å². The second-order valence-corrected chi connectivity index (χ2v) is 5.35. The number of hydrogen-bond acceptors (Lipinski definition) is 3. The third-order valence-electron chi connectivity index (χ3n) is 2.59. The third-order valence-corrected chi connectivity index (χ3v) is 2.59. The summed E-state index contributed by atoms with van der Waals surface area (Å²) in [5.74, 6) is -0.956. The van der Waals surface area contributed by atoms with E-state index in [2.05, 4.69) is 0 Å². The van der Waals surface area contributed by atoms with Gasteiger partial charge in [-0.3, -0.25) is 4.79 Å². The lowest BCUT2D eigenvalue weighted by Crippen LogP contribution is -2.46. The van der Waals surface area contributed by atoms with Crippen molar-refractivity contribution in [1.29, 1.82) is 0 Å². The fraction of sp³-hybridized carbons (Fsp3) is 0.900. The van der Waals surface area contributed by atoms with Crippen molar-refractivity contribution in [3.05, 3.63) is 0 Å². The van der Waals surface area contributed by atoms with Crippen LogP contribution in [0.1, 0.15) is 34.1 Å². The maximum Gasteiger partial charge on any atom is 0.321 e. The fourth-order valence-electron chi connectivity index (χ4n) is 1.75. The standard InChI is InChI=1S/C10H22N2O2/c1-9(2,6-11)5-10(3,4)7(12)8(13)14/h7H,5-6,11-12H2,1-4H3,(H,13,14). The molecule has 0 saturated carbocycles. The van der Waals surface area contributed by atoms with Gasteiger partial charge >= 0.3 is 5.97 Å². The molecule has 0 aromatic carbocycles. The van der Waals surface area contributed by atoms with Gasteiger partial charge in [-0.25, -0.2) is 0 Å². The average Bonchev–Trinajstić information content (AvgIpc) is 2.01. The average molecular weight is 202 g/mol. The zero-order valence-electron chi connectivity index (χ0n) is 9.50. The normalized spacial score (nSPS) is 15.3. The molecular formula is C10H22N2O2. The van der Waals surface area contributed by atoms with Crippen LogP contribution >= 0.6 is 0 Å². The number of hydrogen-bond donors (Lipinski definition) is 3. The van der Waals surface area contributed by atoms with Gasteiger partial charge in [0.25, 0.3) is 0 Å². The van der Waals surface area contributed by atoms with E-state index in [0.717, 1.165) is 0 Å². The van der Waals surface area contributed by atoms with Crippen LogP contribution in [-0.2, 0) is 4.79 Å². The lowest BCUT2D eigenvalue weighted by atomic mass is 9.71. The van der Waals surface area contributed by atoms with Crippen LogP contribution in [0, 0.1) is 10.8 Å². The van der Waals surface area contributed by atoms with Gasteiger partial charge in [0.05, 0.1) is 0 Å². The number of carboxylic acid groups (broad SMARTS) is 1. The molecule has 0 aromatic rings. The highest BCUT2D eigenvalue weighted by molar-refractivity contribution is 5.74. The molecule has 0 spiro atoms. The van der Waals surface area contributed by atoms with Crippen LogP contribution < -0.4 is 11.5 Å². The molecule has 14 heavy (non-hydrogen) atoms. The Morgan fingerprint density at radius 1 is 1.36 bits per heavy atom. The van der Waals surface area contributed by atoms with Crippen molar-refractivity contribution in [1.82, 2.24) is 0 Å². The predicted octanol–water partition coefficient (Wildman–Crippen LogP) is 0.800. The van der Waals surface area contributed by atoms with Crippen LogP contribution in [0.2, 0.25) is 0 Å². The Labute approximate surface area is 85.7 Å². The molecule has 0 aliphatic rings. The quantitative estimate of drug-likeness (QED) is 0.615. The first-order valence-corrected chi connectivity index (χ1v) is 4.81. The molecule has 0 aliphatic heterocycles. The molecule has 84 valence electrons.